The van der Waals surface area contributed by atoms with Crippen LogP contribution in [-0.2, 0) is 22.3 Å². The molecule has 1 atom stereocenters. The van der Waals surface area contributed by atoms with Gasteiger partial charge in [0.1, 0.15) is 12.4 Å². The first kappa shape index (κ1) is 23.6. The molecule has 1 aliphatic heterocycles. The Morgan fingerprint density at radius 1 is 1.12 bits per heavy atom. The maximum Gasteiger partial charge on any atom is 0.416 e. The van der Waals surface area contributed by atoms with E-state index in [1.54, 1.807) is 13.0 Å². The number of halogens is 3. The van der Waals surface area contributed by atoms with Crippen LogP contribution in [0, 0.1) is 6.92 Å². The average molecular weight is 470 g/mol. The molecule has 1 unspecified atom stereocenters. The summed E-state index contributed by atoms with van der Waals surface area (Å²) >= 11 is 0. The number of anilines is 1. The van der Waals surface area contributed by atoms with Gasteiger partial charge in [0.2, 0.25) is 0 Å². The van der Waals surface area contributed by atoms with E-state index in [-0.39, 0.29) is 11.9 Å². The summed E-state index contributed by atoms with van der Waals surface area (Å²) in [5, 5.41) is 3.32. The SMILES string of the molecule is CCOC(=O)CC1CNc2cc(OCc3ccc(-c4ccc(C(F)(F)F)cc4)nc3C)ccc21. The summed E-state index contributed by atoms with van der Waals surface area (Å²) in [4.78, 5) is 16.4. The van der Waals surface area contributed by atoms with E-state index in [1.807, 2.05) is 31.2 Å². The lowest BCUT2D eigenvalue weighted by Crippen LogP contribution is -2.11. The Hall–Kier alpha value is -3.55. The smallest absolute Gasteiger partial charge is 0.416 e. The second kappa shape index (κ2) is 9.75. The number of carbonyl (C=O) groups is 1. The van der Waals surface area contributed by atoms with Crippen molar-refractivity contribution in [2.75, 3.05) is 18.5 Å². The quantitative estimate of drug-likeness (QED) is 0.422. The van der Waals surface area contributed by atoms with Gasteiger partial charge in [0.05, 0.1) is 24.3 Å². The van der Waals surface area contributed by atoms with E-state index < -0.39 is 11.7 Å². The van der Waals surface area contributed by atoms with Gasteiger partial charge in [-0.1, -0.05) is 24.3 Å². The summed E-state index contributed by atoms with van der Waals surface area (Å²) in [6.45, 7) is 4.99. The number of pyridine rings is 1. The van der Waals surface area contributed by atoms with Crippen LogP contribution in [0.25, 0.3) is 11.3 Å². The third-order valence-corrected chi connectivity index (χ3v) is 5.82. The summed E-state index contributed by atoms with van der Waals surface area (Å²) in [7, 11) is 0. The number of alkyl halides is 3. The molecule has 0 amide bonds. The molecule has 178 valence electrons. The molecule has 0 bridgehead atoms. The molecule has 3 aromatic rings. The molecule has 2 heterocycles. The minimum atomic E-state index is -4.36. The van der Waals surface area contributed by atoms with Gasteiger partial charge < -0.3 is 14.8 Å². The van der Waals surface area contributed by atoms with Gasteiger partial charge in [0, 0.05) is 41.0 Å². The van der Waals surface area contributed by atoms with E-state index in [2.05, 4.69) is 10.3 Å². The lowest BCUT2D eigenvalue weighted by molar-refractivity contribution is -0.143. The number of ether oxygens (including phenoxy) is 2. The van der Waals surface area contributed by atoms with Crippen molar-refractivity contribution in [3.8, 4) is 17.0 Å². The zero-order valence-electron chi connectivity index (χ0n) is 18.9. The second-order valence-corrected chi connectivity index (χ2v) is 8.14. The third kappa shape index (κ3) is 5.32. The zero-order valence-corrected chi connectivity index (χ0v) is 18.9. The van der Waals surface area contributed by atoms with Crippen molar-refractivity contribution in [2.45, 2.75) is 39.0 Å². The summed E-state index contributed by atoms with van der Waals surface area (Å²) in [6.07, 6.45) is -4.03. The van der Waals surface area contributed by atoms with Crippen molar-refractivity contribution < 1.29 is 27.4 Å². The van der Waals surface area contributed by atoms with Crippen molar-refractivity contribution in [3.05, 3.63) is 77.0 Å². The summed E-state index contributed by atoms with van der Waals surface area (Å²) in [6, 6.07) is 14.4. The van der Waals surface area contributed by atoms with Gasteiger partial charge in [-0.3, -0.25) is 9.78 Å². The number of nitrogens with zero attached hydrogens (tertiary/aromatic N) is 1. The van der Waals surface area contributed by atoms with Crippen LogP contribution < -0.4 is 10.1 Å². The van der Waals surface area contributed by atoms with Gasteiger partial charge in [-0.05, 0) is 43.7 Å². The maximum atomic E-state index is 12.8. The molecule has 0 saturated carbocycles. The van der Waals surface area contributed by atoms with Crippen LogP contribution in [0.3, 0.4) is 0 Å². The van der Waals surface area contributed by atoms with E-state index in [4.69, 9.17) is 9.47 Å². The van der Waals surface area contributed by atoms with Gasteiger partial charge in [0.25, 0.3) is 0 Å². The van der Waals surface area contributed by atoms with Crippen LogP contribution in [-0.4, -0.2) is 24.1 Å². The number of aromatic nitrogens is 1. The molecule has 8 heteroatoms. The van der Waals surface area contributed by atoms with E-state index in [0.717, 1.165) is 34.6 Å². The first-order chi connectivity index (χ1) is 16.2. The van der Waals surface area contributed by atoms with Crippen molar-refractivity contribution in [3.63, 3.8) is 0 Å². The van der Waals surface area contributed by atoms with E-state index in [0.29, 0.717) is 43.2 Å². The molecule has 34 heavy (non-hydrogen) atoms. The highest BCUT2D eigenvalue weighted by Crippen LogP contribution is 2.36. The van der Waals surface area contributed by atoms with Gasteiger partial charge in [-0.25, -0.2) is 0 Å². The Morgan fingerprint density at radius 2 is 1.88 bits per heavy atom. The lowest BCUT2D eigenvalue weighted by atomic mass is 9.98. The topological polar surface area (TPSA) is 60.5 Å². The molecule has 0 spiro atoms. The predicted octanol–water partition coefficient (Wildman–Crippen LogP) is 6.12. The van der Waals surface area contributed by atoms with E-state index >= 15 is 0 Å². The normalized spacial score (nSPS) is 14.9. The molecule has 0 fully saturated rings. The Morgan fingerprint density at radius 3 is 2.56 bits per heavy atom. The number of hydrogen-bond acceptors (Lipinski definition) is 5. The number of benzene rings is 2. The number of carbonyl (C=O) groups excluding carboxylic acids is 1. The highest BCUT2D eigenvalue weighted by atomic mass is 19.4. The predicted molar refractivity (Wildman–Crippen MR) is 123 cm³/mol. The molecule has 0 saturated heterocycles. The van der Waals surface area contributed by atoms with E-state index in [9.17, 15) is 18.0 Å². The largest absolute Gasteiger partial charge is 0.489 e. The van der Waals surface area contributed by atoms with Gasteiger partial charge >= 0.3 is 12.1 Å². The Balaban J connectivity index is 1.40. The Labute approximate surface area is 195 Å². The Kier molecular flexibility index (Phi) is 6.77. The van der Waals surface area contributed by atoms with Crippen LogP contribution in [0.1, 0.15) is 41.6 Å². The minimum Gasteiger partial charge on any atom is -0.489 e. The van der Waals surface area contributed by atoms with Crippen LogP contribution in [0.2, 0.25) is 0 Å². The highest BCUT2D eigenvalue weighted by Gasteiger charge is 2.30. The Bertz CT molecular complexity index is 1180. The van der Waals surface area contributed by atoms with Crippen LogP contribution in [0.5, 0.6) is 5.75 Å². The first-order valence-corrected chi connectivity index (χ1v) is 11.0. The molecule has 4 rings (SSSR count). The third-order valence-electron chi connectivity index (χ3n) is 5.82. The van der Waals surface area contributed by atoms with Gasteiger partial charge in [-0.15, -0.1) is 0 Å². The number of hydrogen-bond donors (Lipinski definition) is 1. The van der Waals surface area contributed by atoms with Gasteiger partial charge in [0.15, 0.2) is 0 Å². The minimum absolute atomic E-state index is 0.0762. The summed E-state index contributed by atoms with van der Waals surface area (Å²) < 4.78 is 49.4. The van der Waals surface area contributed by atoms with Crippen LogP contribution in [0.4, 0.5) is 18.9 Å². The van der Waals surface area contributed by atoms with Crippen LogP contribution >= 0.6 is 0 Å². The molecule has 1 aliphatic rings. The molecule has 2 aromatic carbocycles. The van der Waals surface area contributed by atoms with Gasteiger partial charge in [-0.2, -0.15) is 13.2 Å². The van der Waals surface area contributed by atoms with E-state index in [1.165, 1.54) is 12.1 Å². The molecular weight excluding hydrogens is 445 g/mol. The molecule has 5 nitrogen and oxygen atoms in total. The van der Waals surface area contributed by atoms with Crippen molar-refractivity contribution in [2.24, 2.45) is 0 Å². The number of aryl methyl sites for hydroxylation is 1. The number of nitrogens with one attached hydrogen (secondary N) is 1. The average Bonchev–Trinajstić information content (AvgIpc) is 3.19. The standard InChI is InChI=1S/C26H25F3N2O3/c1-3-33-25(32)12-19-14-30-24-13-21(9-10-22(19)24)34-15-18-6-11-23(31-16(18)2)17-4-7-20(8-5-17)26(27,28)29/h4-11,13,19,30H,3,12,14-15H2,1-2H3. The fraction of sp³-hybridized carbons (Fsp3) is 0.308. The highest BCUT2D eigenvalue weighted by molar-refractivity contribution is 5.73. The summed E-state index contributed by atoms with van der Waals surface area (Å²) in [5.41, 5.74) is 4.16. The lowest BCUT2D eigenvalue weighted by Gasteiger charge is -2.12. The molecule has 0 radical (unpaired) electrons. The fourth-order valence-electron chi connectivity index (χ4n) is 3.97. The number of esters is 1. The maximum absolute atomic E-state index is 12.8. The molecule has 0 aliphatic carbocycles. The van der Waals surface area contributed by atoms with Crippen molar-refractivity contribution >= 4 is 11.7 Å². The molecular formula is C26H25F3N2O3. The fourth-order valence-corrected chi connectivity index (χ4v) is 3.97. The molecule has 1 N–H and O–H groups in total. The van der Waals surface area contributed by atoms with Crippen LogP contribution in [0.15, 0.2) is 54.6 Å². The second-order valence-electron chi connectivity index (χ2n) is 8.14. The number of rotatable bonds is 7. The summed E-state index contributed by atoms with van der Waals surface area (Å²) in [5.74, 6) is 0.562. The van der Waals surface area contributed by atoms with Crippen molar-refractivity contribution in [1.82, 2.24) is 4.98 Å². The first-order valence-electron chi connectivity index (χ1n) is 11.0. The monoisotopic (exact) mass is 470 g/mol. The zero-order chi connectivity index (χ0) is 24.3. The number of fused-ring (bicyclic) bond motifs is 1. The van der Waals surface area contributed by atoms with Crippen molar-refractivity contribution in [1.29, 1.82) is 0 Å². The molecule has 1 aromatic heterocycles.